The van der Waals surface area contributed by atoms with Gasteiger partial charge < -0.3 is 15.4 Å². The third-order valence-corrected chi connectivity index (χ3v) is 6.08. The highest BCUT2D eigenvalue weighted by Crippen LogP contribution is 2.33. The van der Waals surface area contributed by atoms with Gasteiger partial charge in [0.05, 0.1) is 18.5 Å². The summed E-state index contributed by atoms with van der Waals surface area (Å²) in [6, 6.07) is 16.1. The molecular formula is C25H18Cl3N3O4. The molecule has 0 fully saturated rings. The number of nitrogens with zero attached hydrogens (tertiary/aromatic N) is 1. The van der Waals surface area contributed by atoms with Crippen LogP contribution in [0, 0.1) is 6.92 Å². The van der Waals surface area contributed by atoms with Crippen LogP contribution in [0.5, 0.6) is 5.75 Å². The number of aryl methyl sites for hydroxylation is 1. The molecule has 10 heteroatoms. The monoisotopic (exact) mass is 529 g/mol. The zero-order valence-corrected chi connectivity index (χ0v) is 20.8. The SMILES string of the molecule is COc1ccc(Cl)cc1NC(=O)c1ccc(C)c(NC2=C(Cl)C(=O)N(c3cccc(Cl)c3)C2=O)c1. The van der Waals surface area contributed by atoms with Gasteiger partial charge in [-0.1, -0.05) is 46.9 Å². The average molecular weight is 531 g/mol. The fourth-order valence-electron chi connectivity index (χ4n) is 3.47. The maximum Gasteiger partial charge on any atom is 0.283 e. The molecule has 35 heavy (non-hydrogen) atoms. The summed E-state index contributed by atoms with van der Waals surface area (Å²) in [5.74, 6) is -1.30. The van der Waals surface area contributed by atoms with Crippen molar-refractivity contribution >= 4 is 69.6 Å². The summed E-state index contributed by atoms with van der Waals surface area (Å²) in [6.45, 7) is 1.79. The number of amides is 3. The van der Waals surface area contributed by atoms with Crippen LogP contribution >= 0.6 is 34.8 Å². The van der Waals surface area contributed by atoms with Gasteiger partial charge in [-0.05, 0) is 61.0 Å². The summed E-state index contributed by atoms with van der Waals surface area (Å²) in [6.07, 6.45) is 0. The number of hydrogen-bond donors (Lipinski definition) is 2. The minimum absolute atomic E-state index is 0.103. The number of halogens is 3. The standard InChI is InChI=1S/C25H18Cl3N3O4/c1-13-6-7-14(23(32)30-19-12-16(27)8-9-20(19)35-2)10-18(13)29-22-21(28)24(33)31(25(22)34)17-5-3-4-15(26)11-17/h3-12,29H,1-2H3,(H,30,32). The second kappa shape index (κ2) is 10.00. The lowest BCUT2D eigenvalue weighted by Crippen LogP contribution is -2.32. The molecule has 0 unspecified atom stereocenters. The molecule has 1 aliphatic rings. The number of benzene rings is 3. The number of hydrogen-bond acceptors (Lipinski definition) is 5. The highest BCUT2D eigenvalue weighted by Gasteiger charge is 2.39. The minimum atomic E-state index is -0.680. The lowest BCUT2D eigenvalue weighted by Gasteiger charge is -2.16. The Morgan fingerprint density at radius 2 is 1.63 bits per heavy atom. The van der Waals surface area contributed by atoms with Gasteiger partial charge in [-0.2, -0.15) is 0 Å². The van der Waals surface area contributed by atoms with E-state index in [1.807, 2.05) is 0 Å². The number of methoxy groups -OCH3 is 1. The molecule has 4 rings (SSSR count). The Morgan fingerprint density at radius 3 is 2.34 bits per heavy atom. The van der Waals surface area contributed by atoms with E-state index < -0.39 is 17.7 Å². The minimum Gasteiger partial charge on any atom is -0.495 e. The van der Waals surface area contributed by atoms with Crippen LogP contribution in [0.15, 0.2) is 71.4 Å². The van der Waals surface area contributed by atoms with Gasteiger partial charge in [-0.3, -0.25) is 14.4 Å². The molecule has 2 N–H and O–H groups in total. The first-order valence-corrected chi connectivity index (χ1v) is 11.4. The molecule has 3 aromatic carbocycles. The van der Waals surface area contributed by atoms with Gasteiger partial charge >= 0.3 is 0 Å². The number of carbonyl (C=O) groups excluding carboxylic acids is 3. The third-order valence-electron chi connectivity index (χ3n) is 5.26. The van der Waals surface area contributed by atoms with E-state index in [1.165, 1.54) is 13.2 Å². The van der Waals surface area contributed by atoms with Crippen LogP contribution in [-0.4, -0.2) is 24.8 Å². The van der Waals surface area contributed by atoms with Gasteiger partial charge in [0.15, 0.2) is 0 Å². The van der Waals surface area contributed by atoms with Gasteiger partial charge in [0.25, 0.3) is 17.7 Å². The summed E-state index contributed by atoms with van der Waals surface area (Å²) in [5, 5.41) is 6.21. The molecule has 3 amide bonds. The van der Waals surface area contributed by atoms with Crippen LogP contribution in [0.2, 0.25) is 10.0 Å². The third kappa shape index (κ3) is 4.98. The lowest BCUT2D eigenvalue weighted by molar-refractivity contribution is -0.120. The molecule has 0 aromatic heterocycles. The van der Waals surface area contributed by atoms with Crippen LogP contribution in [-0.2, 0) is 9.59 Å². The normalized spacial score (nSPS) is 13.3. The van der Waals surface area contributed by atoms with E-state index in [0.717, 1.165) is 10.5 Å². The molecule has 0 spiro atoms. The van der Waals surface area contributed by atoms with Crippen molar-refractivity contribution in [2.24, 2.45) is 0 Å². The Kier molecular flexibility index (Phi) is 7.03. The molecule has 0 aliphatic carbocycles. The van der Waals surface area contributed by atoms with Crippen molar-refractivity contribution in [3.05, 3.63) is 92.6 Å². The molecule has 0 radical (unpaired) electrons. The van der Waals surface area contributed by atoms with Crippen molar-refractivity contribution in [2.45, 2.75) is 6.92 Å². The van der Waals surface area contributed by atoms with E-state index in [2.05, 4.69) is 10.6 Å². The first-order valence-electron chi connectivity index (χ1n) is 10.3. The van der Waals surface area contributed by atoms with Crippen LogP contribution in [0.25, 0.3) is 0 Å². The van der Waals surface area contributed by atoms with Crippen LogP contribution < -0.4 is 20.3 Å². The Morgan fingerprint density at radius 1 is 0.886 bits per heavy atom. The molecule has 1 heterocycles. The van der Waals surface area contributed by atoms with E-state index in [4.69, 9.17) is 39.5 Å². The van der Waals surface area contributed by atoms with Crippen molar-refractivity contribution in [1.29, 1.82) is 0 Å². The second-order valence-electron chi connectivity index (χ2n) is 7.57. The summed E-state index contributed by atoms with van der Waals surface area (Å²) in [5.41, 5.74) is 2.04. The van der Waals surface area contributed by atoms with Gasteiger partial charge in [0.2, 0.25) is 0 Å². The van der Waals surface area contributed by atoms with E-state index in [1.54, 1.807) is 61.5 Å². The Hall–Kier alpha value is -3.52. The lowest BCUT2D eigenvalue weighted by atomic mass is 10.1. The number of ether oxygens (including phenoxy) is 1. The highest BCUT2D eigenvalue weighted by molar-refractivity contribution is 6.53. The number of anilines is 3. The Balaban J connectivity index is 1.60. The van der Waals surface area contributed by atoms with Gasteiger partial charge in [0, 0.05) is 21.3 Å². The summed E-state index contributed by atoms with van der Waals surface area (Å²) in [7, 11) is 1.48. The average Bonchev–Trinajstić information content (AvgIpc) is 3.03. The molecule has 0 saturated carbocycles. The van der Waals surface area contributed by atoms with Crippen molar-refractivity contribution in [3.63, 3.8) is 0 Å². The predicted molar refractivity (Wildman–Crippen MR) is 138 cm³/mol. The van der Waals surface area contributed by atoms with Crippen LogP contribution in [0.3, 0.4) is 0 Å². The largest absolute Gasteiger partial charge is 0.495 e. The maximum absolute atomic E-state index is 13.1. The number of rotatable bonds is 6. The number of nitrogens with one attached hydrogen (secondary N) is 2. The van der Waals surface area contributed by atoms with E-state index >= 15 is 0 Å². The summed E-state index contributed by atoms with van der Waals surface area (Å²) in [4.78, 5) is 39.7. The first kappa shape index (κ1) is 24.6. The van der Waals surface area contributed by atoms with Crippen molar-refractivity contribution in [2.75, 3.05) is 22.6 Å². The zero-order chi connectivity index (χ0) is 25.3. The molecule has 0 bridgehead atoms. The van der Waals surface area contributed by atoms with Gasteiger partial charge in [0.1, 0.15) is 16.5 Å². The van der Waals surface area contributed by atoms with Crippen LogP contribution in [0.4, 0.5) is 17.1 Å². The quantitative estimate of drug-likeness (QED) is 0.382. The fourth-order valence-corrected chi connectivity index (χ4v) is 4.04. The zero-order valence-electron chi connectivity index (χ0n) is 18.5. The van der Waals surface area contributed by atoms with E-state index in [0.29, 0.717) is 38.4 Å². The Labute approximate surface area is 216 Å². The van der Waals surface area contributed by atoms with E-state index in [9.17, 15) is 14.4 Å². The first-order chi connectivity index (χ1) is 16.7. The number of carbonyl (C=O) groups is 3. The summed E-state index contributed by atoms with van der Waals surface area (Å²) < 4.78 is 5.27. The highest BCUT2D eigenvalue weighted by atomic mass is 35.5. The smallest absolute Gasteiger partial charge is 0.283 e. The van der Waals surface area contributed by atoms with Gasteiger partial charge in [-0.25, -0.2) is 4.90 Å². The van der Waals surface area contributed by atoms with Crippen molar-refractivity contribution in [3.8, 4) is 5.75 Å². The molecule has 178 valence electrons. The van der Waals surface area contributed by atoms with Crippen LogP contribution in [0.1, 0.15) is 15.9 Å². The molecule has 7 nitrogen and oxygen atoms in total. The maximum atomic E-state index is 13.1. The molecule has 0 atom stereocenters. The van der Waals surface area contributed by atoms with Crippen molar-refractivity contribution < 1.29 is 19.1 Å². The van der Waals surface area contributed by atoms with Gasteiger partial charge in [-0.15, -0.1) is 0 Å². The fraction of sp³-hybridized carbons (Fsp3) is 0.0800. The predicted octanol–water partition coefficient (Wildman–Crippen LogP) is 6.00. The molecule has 3 aromatic rings. The molecule has 0 saturated heterocycles. The molecular weight excluding hydrogens is 513 g/mol. The second-order valence-corrected chi connectivity index (χ2v) is 8.82. The summed E-state index contributed by atoms with van der Waals surface area (Å²) >= 11 is 18.3. The van der Waals surface area contributed by atoms with Crippen molar-refractivity contribution in [1.82, 2.24) is 0 Å². The number of imide groups is 1. The topological polar surface area (TPSA) is 87.7 Å². The van der Waals surface area contributed by atoms with E-state index in [-0.39, 0.29) is 10.7 Å². The Bertz CT molecular complexity index is 1400. The molecule has 1 aliphatic heterocycles.